The van der Waals surface area contributed by atoms with Crippen molar-refractivity contribution in [3.8, 4) is 22.8 Å². The fourth-order valence-electron chi connectivity index (χ4n) is 5.83. The first-order valence-electron chi connectivity index (χ1n) is 16.1. The zero-order valence-corrected chi connectivity index (χ0v) is 29.1. The van der Waals surface area contributed by atoms with Crippen LogP contribution in [-0.4, -0.2) is 61.2 Å². The van der Waals surface area contributed by atoms with Gasteiger partial charge in [-0.3, -0.25) is 9.67 Å². The second kappa shape index (κ2) is 12.7. The second-order valence-electron chi connectivity index (χ2n) is 13.3. The van der Waals surface area contributed by atoms with E-state index in [0.717, 1.165) is 54.2 Å². The van der Waals surface area contributed by atoms with Crippen molar-refractivity contribution in [2.45, 2.75) is 64.8 Å². The molecule has 2 aromatic carbocycles. The minimum absolute atomic E-state index is 0.214. The van der Waals surface area contributed by atoms with Crippen LogP contribution in [0, 0.1) is 6.92 Å². The van der Waals surface area contributed by atoms with Gasteiger partial charge in [0.05, 0.1) is 48.8 Å². The number of hydrogen-bond donors (Lipinski definition) is 0. The highest BCUT2D eigenvalue weighted by Gasteiger charge is 2.24. The molecule has 47 heavy (non-hydrogen) atoms. The Kier molecular flexibility index (Phi) is 8.46. The summed E-state index contributed by atoms with van der Waals surface area (Å²) in [5.41, 5.74) is 4.92. The lowest BCUT2D eigenvalue weighted by atomic mass is 10.1. The molecule has 0 amide bonds. The zero-order chi connectivity index (χ0) is 32.7. The number of ether oxygens (including phenoxy) is 2. The molecule has 1 saturated heterocycles. The fourth-order valence-corrected chi connectivity index (χ4v) is 6.64. The van der Waals surface area contributed by atoms with Crippen molar-refractivity contribution in [3.63, 3.8) is 0 Å². The predicted octanol–water partition coefficient (Wildman–Crippen LogP) is 8.07. The number of anilines is 1. The molecule has 0 radical (unpaired) electrons. The van der Waals surface area contributed by atoms with Gasteiger partial charge in [-0.05, 0) is 63.1 Å². The minimum Gasteiger partial charge on any atom is -0.456 e. The van der Waals surface area contributed by atoms with E-state index in [2.05, 4.69) is 62.9 Å². The van der Waals surface area contributed by atoms with E-state index in [4.69, 9.17) is 36.1 Å². The molecule has 1 atom stereocenters. The number of pyridine rings is 1. The first kappa shape index (κ1) is 31.3. The van der Waals surface area contributed by atoms with E-state index in [0.29, 0.717) is 46.0 Å². The van der Waals surface area contributed by atoms with Crippen LogP contribution in [-0.2, 0) is 11.5 Å². The molecule has 0 bridgehead atoms. The standard InChI is InChI=1S/C35H39ClN8O2Si/c1-23-40-28-10-9-27(18-31(28)43(23)22-45-24(2)47(3,4)5)46-32-12-11-29-35(34(32)36)41-30(20-38-29)25-19-39-44(21-25)26-13-16-42(17-14-26)33-8-6-7-15-37-33/h6-12,15,18-21,24,26H,13-14,16-17,22H2,1-5H3. The van der Waals surface area contributed by atoms with Crippen molar-refractivity contribution >= 4 is 47.6 Å². The Bertz CT molecular complexity index is 2030. The van der Waals surface area contributed by atoms with E-state index in [1.165, 1.54) is 0 Å². The van der Waals surface area contributed by atoms with Gasteiger partial charge in [0.2, 0.25) is 0 Å². The van der Waals surface area contributed by atoms with Crippen molar-refractivity contribution in [1.82, 2.24) is 34.3 Å². The summed E-state index contributed by atoms with van der Waals surface area (Å²) in [6.45, 7) is 13.4. The summed E-state index contributed by atoms with van der Waals surface area (Å²) in [6.07, 6.45) is 9.50. The molecule has 1 unspecified atom stereocenters. The topological polar surface area (TPSA) is 96.0 Å². The van der Waals surface area contributed by atoms with Crippen molar-refractivity contribution in [2.24, 2.45) is 0 Å². The van der Waals surface area contributed by atoms with Gasteiger partial charge in [0.15, 0.2) is 0 Å². The van der Waals surface area contributed by atoms with Crippen LogP contribution in [0.5, 0.6) is 11.5 Å². The molecule has 4 aromatic heterocycles. The molecule has 0 spiro atoms. The van der Waals surface area contributed by atoms with Gasteiger partial charge < -0.3 is 18.9 Å². The SMILES string of the molecule is Cc1nc2ccc(Oc3ccc4ncc(-c5cnn(C6CCN(c7ccccn7)CC6)c5)nc4c3Cl)cc2n1COC(C)[Si](C)(C)C. The number of aromatic nitrogens is 7. The van der Waals surface area contributed by atoms with Crippen LogP contribution in [0.25, 0.3) is 33.3 Å². The van der Waals surface area contributed by atoms with Crippen LogP contribution in [0.2, 0.25) is 24.7 Å². The van der Waals surface area contributed by atoms with Gasteiger partial charge in [-0.15, -0.1) is 0 Å². The first-order chi connectivity index (χ1) is 22.6. The Morgan fingerprint density at radius 2 is 1.79 bits per heavy atom. The molecule has 6 aromatic rings. The maximum Gasteiger partial charge on any atom is 0.148 e. The summed E-state index contributed by atoms with van der Waals surface area (Å²) in [5, 5.41) is 5.11. The van der Waals surface area contributed by atoms with Crippen LogP contribution in [0.15, 0.2) is 73.3 Å². The molecular weight excluding hydrogens is 628 g/mol. The average molecular weight is 667 g/mol. The van der Waals surface area contributed by atoms with Crippen molar-refractivity contribution in [2.75, 3.05) is 18.0 Å². The van der Waals surface area contributed by atoms with Gasteiger partial charge in [-0.1, -0.05) is 37.3 Å². The number of aryl methyl sites for hydroxylation is 1. The number of fused-ring (bicyclic) bond motifs is 2. The minimum atomic E-state index is -1.43. The summed E-state index contributed by atoms with van der Waals surface area (Å²) < 4.78 is 16.7. The molecular formula is C35H39ClN8O2Si. The Morgan fingerprint density at radius 3 is 2.55 bits per heavy atom. The number of halogens is 1. The molecule has 10 nitrogen and oxygen atoms in total. The van der Waals surface area contributed by atoms with Crippen molar-refractivity contribution in [1.29, 1.82) is 0 Å². The number of hydrogen-bond acceptors (Lipinski definition) is 8. The third-order valence-electron chi connectivity index (χ3n) is 9.14. The van der Waals surface area contributed by atoms with E-state index < -0.39 is 8.07 Å². The Morgan fingerprint density at radius 1 is 0.979 bits per heavy atom. The zero-order valence-electron chi connectivity index (χ0n) is 27.4. The van der Waals surface area contributed by atoms with Gasteiger partial charge in [-0.25, -0.2) is 15.0 Å². The summed E-state index contributed by atoms with van der Waals surface area (Å²) in [4.78, 5) is 21.1. The molecule has 0 aliphatic carbocycles. The average Bonchev–Trinajstić information content (AvgIpc) is 3.69. The van der Waals surface area contributed by atoms with Crippen LogP contribution in [0.4, 0.5) is 5.82 Å². The molecule has 5 heterocycles. The van der Waals surface area contributed by atoms with E-state index in [9.17, 15) is 0 Å². The van der Waals surface area contributed by atoms with Crippen molar-refractivity contribution in [3.05, 3.63) is 84.2 Å². The number of benzene rings is 2. The Hall–Kier alpha value is -4.32. The van der Waals surface area contributed by atoms with Crippen LogP contribution in [0.3, 0.4) is 0 Å². The normalized spacial score (nSPS) is 15.1. The third kappa shape index (κ3) is 6.47. The highest BCUT2D eigenvalue weighted by Crippen LogP contribution is 2.36. The predicted molar refractivity (Wildman–Crippen MR) is 189 cm³/mol. The number of imidazole rings is 1. The van der Waals surface area contributed by atoms with Gasteiger partial charge >= 0.3 is 0 Å². The quantitative estimate of drug-likeness (QED) is 0.143. The number of piperidine rings is 1. The number of nitrogens with zero attached hydrogens (tertiary/aromatic N) is 8. The largest absolute Gasteiger partial charge is 0.456 e. The number of rotatable bonds is 9. The lowest BCUT2D eigenvalue weighted by Gasteiger charge is -2.32. The fraction of sp³-hybridized carbons (Fsp3) is 0.343. The summed E-state index contributed by atoms with van der Waals surface area (Å²) in [5.74, 6) is 3.08. The monoisotopic (exact) mass is 666 g/mol. The van der Waals surface area contributed by atoms with E-state index in [1.54, 1.807) is 6.20 Å². The summed E-state index contributed by atoms with van der Waals surface area (Å²) in [7, 11) is -1.43. The molecule has 1 aliphatic heterocycles. The summed E-state index contributed by atoms with van der Waals surface area (Å²) >= 11 is 6.93. The van der Waals surface area contributed by atoms with Gasteiger partial charge in [-0.2, -0.15) is 5.10 Å². The van der Waals surface area contributed by atoms with Crippen LogP contribution >= 0.6 is 11.6 Å². The van der Waals surface area contributed by atoms with E-state index in [1.807, 2.05) is 61.8 Å². The molecule has 7 rings (SSSR count). The molecule has 12 heteroatoms. The first-order valence-corrected chi connectivity index (χ1v) is 20.0. The lowest BCUT2D eigenvalue weighted by Crippen LogP contribution is -2.38. The second-order valence-corrected chi connectivity index (χ2v) is 19.2. The Labute approximate surface area is 280 Å². The highest BCUT2D eigenvalue weighted by atomic mass is 35.5. The van der Waals surface area contributed by atoms with Gasteiger partial charge in [0.25, 0.3) is 0 Å². The van der Waals surface area contributed by atoms with E-state index in [-0.39, 0.29) is 5.73 Å². The van der Waals surface area contributed by atoms with Crippen LogP contribution in [0.1, 0.15) is 31.6 Å². The Balaban J connectivity index is 1.09. The third-order valence-corrected chi connectivity index (χ3v) is 12.1. The van der Waals surface area contributed by atoms with E-state index >= 15 is 0 Å². The van der Waals surface area contributed by atoms with Gasteiger partial charge in [0, 0.05) is 42.8 Å². The summed E-state index contributed by atoms with van der Waals surface area (Å²) in [6, 6.07) is 15.9. The maximum atomic E-state index is 6.93. The molecule has 242 valence electrons. The molecule has 0 saturated carbocycles. The smallest absolute Gasteiger partial charge is 0.148 e. The molecule has 0 N–H and O–H groups in total. The lowest BCUT2D eigenvalue weighted by molar-refractivity contribution is 0.0578. The maximum absolute atomic E-state index is 6.93. The van der Waals surface area contributed by atoms with Gasteiger partial charge in [0.1, 0.15) is 40.4 Å². The molecule has 1 aliphatic rings. The highest BCUT2D eigenvalue weighted by molar-refractivity contribution is 6.77. The van der Waals surface area contributed by atoms with Crippen LogP contribution < -0.4 is 9.64 Å². The molecule has 1 fully saturated rings. The van der Waals surface area contributed by atoms with Crippen molar-refractivity contribution < 1.29 is 9.47 Å².